The fraction of sp³-hybridized carbons (Fsp3) is 0.286. The van der Waals surface area contributed by atoms with Crippen LogP contribution >= 0.6 is 0 Å². The van der Waals surface area contributed by atoms with Crippen molar-refractivity contribution in [2.24, 2.45) is 0 Å². The maximum atomic E-state index is 13.5. The first kappa shape index (κ1) is 23.7. The fourth-order valence-corrected chi connectivity index (χ4v) is 4.39. The summed E-state index contributed by atoms with van der Waals surface area (Å²) in [6.07, 6.45) is 5.92. The second kappa shape index (κ2) is 11.1. The van der Waals surface area contributed by atoms with Crippen molar-refractivity contribution >= 4 is 5.69 Å². The molecule has 0 radical (unpaired) electrons. The van der Waals surface area contributed by atoms with Crippen molar-refractivity contribution in [1.82, 2.24) is 14.7 Å². The molecule has 2 aromatic carbocycles. The molecule has 4 aromatic rings. The van der Waals surface area contributed by atoms with E-state index < -0.39 is 0 Å². The van der Waals surface area contributed by atoms with Crippen molar-refractivity contribution in [3.05, 3.63) is 101 Å². The van der Waals surface area contributed by atoms with Gasteiger partial charge in [0.25, 0.3) is 0 Å². The van der Waals surface area contributed by atoms with Crippen LogP contribution in [0.1, 0.15) is 11.1 Å². The van der Waals surface area contributed by atoms with Crippen LogP contribution in [0.25, 0.3) is 5.69 Å². The number of para-hydroxylation sites is 1. The van der Waals surface area contributed by atoms with E-state index in [9.17, 15) is 4.79 Å². The van der Waals surface area contributed by atoms with Gasteiger partial charge in [-0.3, -0.25) is 9.69 Å². The number of anilines is 1. The fourth-order valence-electron chi connectivity index (χ4n) is 4.39. The maximum Gasteiger partial charge on any atom is 0.316 e. The van der Waals surface area contributed by atoms with Gasteiger partial charge in [0, 0.05) is 44.7 Å². The molecule has 3 heterocycles. The van der Waals surface area contributed by atoms with Crippen LogP contribution in [0.5, 0.6) is 11.5 Å². The molecule has 2 aromatic heterocycles. The van der Waals surface area contributed by atoms with E-state index in [1.807, 2.05) is 60.7 Å². The summed E-state index contributed by atoms with van der Waals surface area (Å²) in [5, 5.41) is 4.49. The lowest BCUT2D eigenvalue weighted by molar-refractivity contribution is 0.247. The van der Waals surface area contributed by atoms with Gasteiger partial charge in [-0.2, -0.15) is 9.78 Å². The van der Waals surface area contributed by atoms with Crippen molar-refractivity contribution in [2.75, 3.05) is 44.8 Å². The predicted molar refractivity (Wildman–Crippen MR) is 138 cm³/mol. The highest BCUT2D eigenvalue weighted by molar-refractivity contribution is 5.57. The summed E-state index contributed by atoms with van der Waals surface area (Å²) in [5.74, 6) is 1.15. The molecule has 0 amide bonds. The van der Waals surface area contributed by atoms with Crippen LogP contribution in [0.4, 0.5) is 5.69 Å². The van der Waals surface area contributed by atoms with Gasteiger partial charge in [-0.15, -0.1) is 0 Å². The topological polar surface area (TPSA) is 73.0 Å². The Morgan fingerprint density at radius 3 is 2.42 bits per heavy atom. The first-order valence-corrected chi connectivity index (χ1v) is 12.1. The quantitative estimate of drug-likeness (QED) is 0.357. The number of piperazine rings is 1. The van der Waals surface area contributed by atoms with Crippen LogP contribution < -0.4 is 19.9 Å². The van der Waals surface area contributed by atoms with Crippen molar-refractivity contribution in [3.8, 4) is 17.2 Å². The molecule has 36 heavy (non-hydrogen) atoms. The van der Waals surface area contributed by atoms with Gasteiger partial charge < -0.3 is 18.8 Å². The molecule has 0 bridgehead atoms. The minimum Gasteiger partial charge on any atom is -0.497 e. The molecule has 0 spiro atoms. The zero-order valence-electron chi connectivity index (χ0n) is 20.4. The van der Waals surface area contributed by atoms with Gasteiger partial charge in [0.05, 0.1) is 38.1 Å². The maximum absolute atomic E-state index is 13.5. The molecule has 1 fully saturated rings. The zero-order valence-corrected chi connectivity index (χ0v) is 20.4. The van der Waals surface area contributed by atoms with Gasteiger partial charge in [0.1, 0.15) is 11.4 Å². The lowest BCUT2D eigenvalue weighted by Crippen LogP contribution is -2.46. The summed E-state index contributed by atoms with van der Waals surface area (Å²) >= 11 is 0. The van der Waals surface area contributed by atoms with Crippen molar-refractivity contribution in [2.45, 2.75) is 13.0 Å². The van der Waals surface area contributed by atoms with E-state index >= 15 is 0 Å². The first-order valence-electron chi connectivity index (χ1n) is 12.1. The smallest absolute Gasteiger partial charge is 0.316 e. The van der Waals surface area contributed by atoms with Crippen LogP contribution in [0.15, 0.2) is 88.6 Å². The van der Waals surface area contributed by atoms with Crippen molar-refractivity contribution in [1.29, 1.82) is 0 Å². The molecule has 1 aliphatic heterocycles. The monoisotopic (exact) mass is 486 g/mol. The standard InChI is InChI=1S/C28H30N4O4/c1-34-25-9-7-22(8-10-25)12-18-36-27-26(19-29-32(28(27)33)24-5-3-2-4-6-24)31-15-13-30(14-16-31)20-23-11-17-35-21-23/h2-11,17,19,21H,12-16,18,20H2,1H3. The summed E-state index contributed by atoms with van der Waals surface area (Å²) in [6, 6.07) is 19.3. The number of nitrogens with zero attached hydrogens (tertiary/aromatic N) is 4. The highest BCUT2D eigenvalue weighted by Crippen LogP contribution is 2.26. The molecular weight excluding hydrogens is 456 g/mol. The Bertz CT molecular complexity index is 1300. The van der Waals surface area contributed by atoms with Crippen LogP contribution in [-0.4, -0.2) is 54.6 Å². The number of aromatic nitrogens is 2. The minimum atomic E-state index is -0.255. The summed E-state index contributed by atoms with van der Waals surface area (Å²) in [6.45, 7) is 4.54. The lowest BCUT2D eigenvalue weighted by Gasteiger charge is -2.36. The Labute approximate surface area is 210 Å². The Kier molecular flexibility index (Phi) is 7.33. The van der Waals surface area contributed by atoms with E-state index in [1.165, 1.54) is 4.68 Å². The molecule has 1 saturated heterocycles. The Morgan fingerprint density at radius 2 is 1.72 bits per heavy atom. The van der Waals surface area contributed by atoms with E-state index in [-0.39, 0.29) is 5.56 Å². The van der Waals surface area contributed by atoms with E-state index in [0.717, 1.165) is 55.3 Å². The van der Waals surface area contributed by atoms with Gasteiger partial charge in [-0.1, -0.05) is 30.3 Å². The third kappa shape index (κ3) is 5.44. The second-order valence-electron chi connectivity index (χ2n) is 8.75. The molecule has 0 unspecified atom stereocenters. The van der Waals surface area contributed by atoms with Gasteiger partial charge >= 0.3 is 5.56 Å². The number of hydrogen-bond acceptors (Lipinski definition) is 7. The van der Waals surface area contributed by atoms with E-state index in [1.54, 1.807) is 25.8 Å². The van der Waals surface area contributed by atoms with Crippen LogP contribution in [0, 0.1) is 0 Å². The third-order valence-electron chi connectivity index (χ3n) is 6.41. The van der Waals surface area contributed by atoms with Crippen LogP contribution in [-0.2, 0) is 13.0 Å². The second-order valence-corrected chi connectivity index (χ2v) is 8.75. The average Bonchev–Trinajstić information content (AvgIpc) is 3.44. The summed E-state index contributed by atoms with van der Waals surface area (Å²) in [5.41, 5.74) is 3.47. The van der Waals surface area contributed by atoms with Gasteiger partial charge in [-0.05, 0) is 35.9 Å². The number of ether oxygens (including phenoxy) is 2. The van der Waals surface area contributed by atoms with Gasteiger partial charge in [-0.25, -0.2) is 0 Å². The van der Waals surface area contributed by atoms with Crippen molar-refractivity contribution < 1.29 is 13.9 Å². The number of rotatable bonds is 9. The molecule has 0 N–H and O–H groups in total. The Balaban J connectivity index is 1.34. The summed E-state index contributed by atoms with van der Waals surface area (Å²) in [7, 11) is 1.65. The zero-order chi connectivity index (χ0) is 24.7. The number of furan rings is 1. The normalized spacial score (nSPS) is 14.1. The van der Waals surface area contributed by atoms with Crippen molar-refractivity contribution in [3.63, 3.8) is 0 Å². The third-order valence-corrected chi connectivity index (χ3v) is 6.41. The summed E-state index contributed by atoms with van der Waals surface area (Å²) in [4.78, 5) is 18.1. The van der Waals surface area contributed by atoms with E-state index in [2.05, 4.69) is 14.9 Å². The minimum absolute atomic E-state index is 0.255. The average molecular weight is 487 g/mol. The van der Waals surface area contributed by atoms with Crippen LogP contribution in [0.2, 0.25) is 0 Å². The highest BCUT2D eigenvalue weighted by atomic mass is 16.5. The molecule has 8 nitrogen and oxygen atoms in total. The summed E-state index contributed by atoms with van der Waals surface area (Å²) < 4.78 is 18.0. The molecule has 0 aliphatic carbocycles. The first-order chi connectivity index (χ1) is 17.7. The highest BCUT2D eigenvalue weighted by Gasteiger charge is 2.23. The SMILES string of the molecule is COc1ccc(CCOc2c(N3CCN(Cc4ccoc4)CC3)cnn(-c3ccccc3)c2=O)cc1. The van der Waals surface area contributed by atoms with Gasteiger partial charge in [0.15, 0.2) is 0 Å². The Morgan fingerprint density at radius 1 is 0.944 bits per heavy atom. The predicted octanol–water partition coefficient (Wildman–Crippen LogP) is 3.78. The number of methoxy groups -OCH3 is 1. The van der Waals surface area contributed by atoms with E-state index in [4.69, 9.17) is 13.9 Å². The lowest BCUT2D eigenvalue weighted by atomic mass is 10.1. The van der Waals surface area contributed by atoms with Crippen LogP contribution in [0.3, 0.4) is 0 Å². The number of hydrogen-bond donors (Lipinski definition) is 0. The molecular formula is C28H30N4O4. The number of benzene rings is 2. The van der Waals surface area contributed by atoms with Gasteiger partial charge in [0.2, 0.25) is 5.75 Å². The molecule has 186 valence electrons. The Hall–Kier alpha value is -4.04. The molecule has 0 saturated carbocycles. The van der Waals surface area contributed by atoms with E-state index in [0.29, 0.717) is 24.5 Å². The largest absolute Gasteiger partial charge is 0.497 e. The molecule has 1 aliphatic rings. The molecule has 0 atom stereocenters. The molecule has 8 heteroatoms. The molecule has 5 rings (SSSR count).